The molecule has 5 N–H and O–H groups in total. The smallest absolute Gasteiger partial charge is 0.388 e. The van der Waals surface area contributed by atoms with Crippen LogP contribution in [0.3, 0.4) is 0 Å². The van der Waals surface area contributed by atoms with Gasteiger partial charge in [0.2, 0.25) is 11.8 Å². The SMILES string of the molecule is CCCCCCCCCCC1(C2OC(COP(=O)(O)O)C(O)C2O)C(=O)NC(=O)C=CC1C. The second-order valence-corrected chi connectivity index (χ2v) is 10.3. The predicted octanol–water partition coefficient (Wildman–Crippen LogP) is 1.95. The lowest BCUT2D eigenvalue weighted by molar-refractivity contribution is -0.154. The van der Waals surface area contributed by atoms with Crippen LogP contribution in [0.2, 0.25) is 0 Å². The Hall–Kier alpha value is -1.13. The molecule has 1 fully saturated rings. The van der Waals surface area contributed by atoms with Crippen molar-refractivity contribution in [3.8, 4) is 0 Å². The number of hydrogen-bond acceptors (Lipinski definition) is 7. The molecule has 0 saturated carbocycles. The van der Waals surface area contributed by atoms with Gasteiger partial charge in [-0.25, -0.2) is 4.57 Å². The molecule has 2 amide bonds. The van der Waals surface area contributed by atoms with E-state index in [0.29, 0.717) is 12.8 Å². The third-order valence-electron chi connectivity index (χ3n) is 6.73. The number of aliphatic hydroxyl groups excluding tert-OH is 2. The summed E-state index contributed by atoms with van der Waals surface area (Å²) < 4.78 is 21.3. The van der Waals surface area contributed by atoms with E-state index in [1.807, 2.05) is 0 Å². The number of ether oxygens (including phenoxy) is 1. The number of phosphoric acid groups is 1. The van der Waals surface area contributed by atoms with E-state index in [1.54, 1.807) is 13.0 Å². The number of imide groups is 1. The summed E-state index contributed by atoms with van der Waals surface area (Å²) in [6.07, 6.45) is 6.09. The van der Waals surface area contributed by atoms with E-state index in [9.17, 15) is 24.4 Å². The summed E-state index contributed by atoms with van der Waals surface area (Å²) >= 11 is 0. The number of nitrogens with one attached hydrogen (secondary N) is 1. The molecule has 0 aromatic carbocycles. The Bertz CT molecular complexity index is 739. The van der Waals surface area contributed by atoms with Crippen molar-refractivity contribution in [3.63, 3.8) is 0 Å². The number of carbonyl (C=O) groups is 2. The van der Waals surface area contributed by atoms with Gasteiger partial charge in [0.1, 0.15) is 24.4 Å². The van der Waals surface area contributed by atoms with Gasteiger partial charge in [-0.3, -0.25) is 19.4 Å². The zero-order valence-electron chi connectivity index (χ0n) is 19.4. The summed E-state index contributed by atoms with van der Waals surface area (Å²) in [6, 6.07) is 0. The molecule has 1 saturated heterocycles. The third-order valence-corrected chi connectivity index (χ3v) is 7.21. The molecule has 0 aliphatic carbocycles. The van der Waals surface area contributed by atoms with Crippen molar-refractivity contribution in [3.05, 3.63) is 12.2 Å². The maximum absolute atomic E-state index is 13.3. The number of unbranched alkanes of at least 4 members (excludes halogenated alkanes) is 7. The van der Waals surface area contributed by atoms with E-state index in [4.69, 9.17) is 14.5 Å². The fraction of sp³-hybridized carbons (Fsp3) is 0.818. The molecule has 0 bridgehead atoms. The van der Waals surface area contributed by atoms with Crippen LogP contribution < -0.4 is 5.32 Å². The summed E-state index contributed by atoms with van der Waals surface area (Å²) in [4.78, 5) is 43.2. The number of hydrogen-bond donors (Lipinski definition) is 5. The monoisotopic (exact) mass is 491 g/mol. The highest BCUT2D eigenvalue weighted by Crippen LogP contribution is 2.47. The molecule has 2 aliphatic heterocycles. The Labute approximate surface area is 195 Å². The third kappa shape index (κ3) is 7.42. The molecule has 2 heterocycles. The predicted molar refractivity (Wildman–Crippen MR) is 120 cm³/mol. The van der Waals surface area contributed by atoms with Crippen LogP contribution in [0.5, 0.6) is 0 Å². The Morgan fingerprint density at radius 3 is 2.27 bits per heavy atom. The molecule has 33 heavy (non-hydrogen) atoms. The Kier molecular flexibility index (Phi) is 10.7. The number of amides is 2. The Morgan fingerprint density at radius 2 is 1.67 bits per heavy atom. The lowest BCUT2D eigenvalue weighted by atomic mass is 9.66. The largest absolute Gasteiger partial charge is 0.469 e. The molecular weight excluding hydrogens is 453 g/mol. The molecule has 190 valence electrons. The van der Waals surface area contributed by atoms with Gasteiger partial charge in [0, 0.05) is 0 Å². The van der Waals surface area contributed by atoms with Crippen LogP contribution >= 0.6 is 7.82 Å². The summed E-state index contributed by atoms with van der Waals surface area (Å²) in [7, 11) is -4.82. The highest BCUT2D eigenvalue weighted by molar-refractivity contribution is 7.46. The Balaban J connectivity index is 2.15. The van der Waals surface area contributed by atoms with Gasteiger partial charge in [-0.05, 0) is 18.4 Å². The highest BCUT2D eigenvalue weighted by Gasteiger charge is 2.59. The molecule has 2 aliphatic rings. The second kappa shape index (κ2) is 12.5. The van der Waals surface area contributed by atoms with Crippen LogP contribution in [-0.2, 0) is 23.4 Å². The van der Waals surface area contributed by atoms with Crippen molar-refractivity contribution in [2.75, 3.05) is 6.61 Å². The van der Waals surface area contributed by atoms with Gasteiger partial charge < -0.3 is 24.7 Å². The molecule has 6 atom stereocenters. The van der Waals surface area contributed by atoms with Crippen molar-refractivity contribution in [1.82, 2.24) is 5.32 Å². The number of allylic oxidation sites excluding steroid dienone is 1. The first-order valence-corrected chi connectivity index (χ1v) is 13.3. The zero-order valence-corrected chi connectivity index (χ0v) is 20.3. The highest BCUT2D eigenvalue weighted by atomic mass is 31.2. The Morgan fingerprint density at radius 1 is 1.06 bits per heavy atom. The number of aliphatic hydroxyl groups is 2. The molecule has 10 nitrogen and oxygen atoms in total. The quantitative estimate of drug-likeness (QED) is 0.147. The lowest BCUT2D eigenvalue weighted by Gasteiger charge is -2.41. The van der Waals surface area contributed by atoms with Gasteiger partial charge in [0.25, 0.3) is 0 Å². The molecule has 0 spiro atoms. The number of rotatable bonds is 13. The van der Waals surface area contributed by atoms with Crippen LogP contribution in [0.15, 0.2) is 12.2 Å². The topological polar surface area (TPSA) is 163 Å². The first kappa shape index (κ1) is 28.1. The molecule has 0 radical (unpaired) electrons. The van der Waals surface area contributed by atoms with Gasteiger partial charge in [-0.2, -0.15) is 0 Å². The fourth-order valence-electron chi connectivity index (χ4n) is 4.79. The molecule has 11 heteroatoms. The first-order chi connectivity index (χ1) is 15.5. The van der Waals surface area contributed by atoms with Crippen molar-refractivity contribution in [2.24, 2.45) is 11.3 Å². The van der Waals surface area contributed by atoms with Crippen molar-refractivity contribution >= 4 is 19.6 Å². The van der Waals surface area contributed by atoms with E-state index in [2.05, 4.69) is 16.8 Å². The van der Waals surface area contributed by atoms with Gasteiger partial charge in [0.15, 0.2) is 0 Å². The molecule has 6 unspecified atom stereocenters. The van der Waals surface area contributed by atoms with E-state index >= 15 is 0 Å². The van der Waals surface area contributed by atoms with Crippen LogP contribution in [0.4, 0.5) is 0 Å². The van der Waals surface area contributed by atoms with E-state index in [0.717, 1.165) is 25.7 Å². The van der Waals surface area contributed by atoms with Crippen molar-refractivity contribution in [1.29, 1.82) is 0 Å². The van der Waals surface area contributed by atoms with Crippen LogP contribution in [-0.4, -0.2) is 62.8 Å². The summed E-state index contributed by atoms with van der Waals surface area (Å²) in [5.41, 5.74) is -1.35. The number of carbonyl (C=O) groups excluding carboxylic acids is 2. The minimum absolute atomic E-state index is 0.313. The standard InChI is InChI=1S/C22H38NO9P/c1-3-4-5-6-7-8-9-10-13-22(15(2)11-12-17(24)23-21(22)27)20-19(26)18(25)16(32-20)14-31-33(28,29)30/h11-12,15-16,18-20,25-26H,3-10,13-14H2,1-2H3,(H,23,24,27)(H2,28,29,30). The second-order valence-electron chi connectivity index (χ2n) is 9.09. The first-order valence-electron chi connectivity index (χ1n) is 11.8. The van der Waals surface area contributed by atoms with Crippen LogP contribution in [0.25, 0.3) is 0 Å². The van der Waals surface area contributed by atoms with Crippen LogP contribution in [0.1, 0.15) is 71.6 Å². The molecule has 0 aromatic heterocycles. The zero-order chi connectivity index (χ0) is 24.6. The average molecular weight is 492 g/mol. The van der Waals surface area contributed by atoms with E-state index < -0.39 is 62.0 Å². The van der Waals surface area contributed by atoms with Gasteiger partial charge in [0.05, 0.1) is 12.0 Å². The summed E-state index contributed by atoms with van der Waals surface area (Å²) in [6.45, 7) is 3.26. The molecular formula is C22H38NO9P. The minimum atomic E-state index is -4.82. The maximum atomic E-state index is 13.3. The maximum Gasteiger partial charge on any atom is 0.469 e. The molecule has 0 aromatic rings. The van der Waals surface area contributed by atoms with E-state index in [-0.39, 0.29) is 0 Å². The average Bonchev–Trinajstić information content (AvgIpc) is 2.97. The van der Waals surface area contributed by atoms with Crippen LogP contribution in [0, 0.1) is 11.3 Å². The van der Waals surface area contributed by atoms with Gasteiger partial charge >= 0.3 is 7.82 Å². The van der Waals surface area contributed by atoms with Crippen molar-refractivity contribution < 1.29 is 43.4 Å². The van der Waals surface area contributed by atoms with E-state index in [1.165, 1.54) is 25.3 Å². The fourth-order valence-corrected chi connectivity index (χ4v) is 5.13. The van der Waals surface area contributed by atoms with Gasteiger partial charge in [-0.1, -0.05) is 71.3 Å². The van der Waals surface area contributed by atoms with Crippen molar-refractivity contribution in [2.45, 2.75) is 96.1 Å². The normalized spacial score (nSPS) is 32.7. The molecule has 2 rings (SSSR count). The number of phosphoric ester groups is 1. The summed E-state index contributed by atoms with van der Waals surface area (Å²) in [5.74, 6) is -1.67. The minimum Gasteiger partial charge on any atom is -0.388 e. The van der Waals surface area contributed by atoms with Gasteiger partial charge in [-0.15, -0.1) is 0 Å². The lowest BCUT2D eigenvalue weighted by Crippen LogP contribution is -2.56. The summed E-state index contributed by atoms with van der Waals surface area (Å²) in [5, 5.41) is 23.6.